The molecule has 5 heteroatoms. The van der Waals surface area contributed by atoms with Crippen LogP contribution in [0.2, 0.25) is 0 Å². The number of aromatic nitrogens is 3. The highest BCUT2D eigenvalue weighted by molar-refractivity contribution is 5.86. The molecule has 0 bridgehead atoms. The fourth-order valence-electron chi connectivity index (χ4n) is 4.08. The lowest BCUT2D eigenvalue weighted by molar-refractivity contribution is 0.445. The Balaban J connectivity index is 1.56. The fourth-order valence-corrected chi connectivity index (χ4v) is 4.08. The van der Waals surface area contributed by atoms with Crippen molar-refractivity contribution in [3.8, 4) is 11.3 Å². The molecule has 1 fully saturated rings. The number of hydrogen-bond acceptors (Lipinski definition) is 3. The second kappa shape index (κ2) is 6.43. The van der Waals surface area contributed by atoms with Crippen molar-refractivity contribution in [2.45, 2.75) is 18.8 Å². The number of hydrogen-bond donors (Lipinski definition) is 1. The van der Waals surface area contributed by atoms with Crippen LogP contribution < -0.4 is 5.32 Å². The van der Waals surface area contributed by atoms with Crippen LogP contribution in [-0.4, -0.2) is 27.9 Å². The summed E-state index contributed by atoms with van der Waals surface area (Å²) in [4.78, 5) is 4.73. The normalized spacial score (nSPS) is 15.6. The predicted molar refractivity (Wildman–Crippen MR) is 106 cm³/mol. The molecule has 3 heterocycles. The molecule has 4 nitrogen and oxygen atoms in total. The third-order valence-electron chi connectivity index (χ3n) is 5.50. The maximum absolute atomic E-state index is 14.8. The van der Waals surface area contributed by atoms with Gasteiger partial charge >= 0.3 is 0 Å². The minimum atomic E-state index is -0.137. The molecule has 0 atom stereocenters. The van der Waals surface area contributed by atoms with E-state index >= 15 is 0 Å². The van der Waals surface area contributed by atoms with E-state index in [1.807, 2.05) is 37.5 Å². The van der Waals surface area contributed by atoms with Crippen molar-refractivity contribution in [3.05, 3.63) is 60.0 Å². The molecule has 1 aliphatic rings. The van der Waals surface area contributed by atoms with Crippen LogP contribution in [0.15, 0.2) is 48.7 Å². The highest BCUT2D eigenvalue weighted by Crippen LogP contribution is 2.31. The Morgan fingerprint density at radius 2 is 1.85 bits per heavy atom. The monoisotopic (exact) mass is 360 g/mol. The Kier molecular flexibility index (Phi) is 3.90. The molecule has 2 aromatic heterocycles. The first-order valence-electron chi connectivity index (χ1n) is 9.42. The molecule has 5 rings (SSSR count). The van der Waals surface area contributed by atoms with Crippen molar-refractivity contribution in [2.75, 3.05) is 13.1 Å². The molecule has 27 heavy (non-hydrogen) atoms. The van der Waals surface area contributed by atoms with E-state index in [1.165, 1.54) is 0 Å². The van der Waals surface area contributed by atoms with Gasteiger partial charge in [0.25, 0.3) is 0 Å². The second-order valence-electron chi connectivity index (χ2n) is 7.36. The van der Waals surface area contributed by atoms with Gasteiger partial charge < -0.3 is 5.32 Å². The number of piperidine rings is 1. The summed E-state index contributed by atoms with van der Waals surface area (Å²) in [6, 6.07) is 13.7. The molecule has 1 N–H and O–H groups in total. The number of pyridine rings is 1. The lowest BCUT2D eigenvalue weighted by Crippen LogP contribution is -2.27. The smallest absolute Gasteiger partial charge is 0.128 e. The van der Waals surface area contributed by atoms with Crippen LogP contribution in [0.5, 0.6) is 0 Å². The van der Waals surface area contributed by atoms with Crippen LogP contribution in [0.3, 0.4) is 0 Å². The number of fused-ring (bicyclic) bond motifs is 2. The van der Waals surface area contributed by atoms with Crippen LogP contribution in [0.1, 0.15) is 24.3 Å². The number of nitrogens with zero attached hydrogens (tertiary/aromatic N) is 3. The van der Waals surface area contributed by atoms with Crippen molar-refractivity contribution < 1.29 is 4.39 Å². The molecule has 1 saturated heterocycles. The average molecular weight is 360 g/mol. The minimum absolute atomic E-state index is 0.137. The van der Waals surface area contributed by atoms with Crippen molar-refractivity contribution in [3.63, 3.8) is 0 Å². The van der Waals surface area contributed by atoms with Crippen LogP contribution in [0, 0.1) is 5.82 Å². The van der Waals surface area contributed by atoms with E-state index in [-0.39, 0.29) is 5.82 Å². The van der Waals surface area contributed by atoms with E-state index in [4.69, 9.17) is 4.98 Å². The summed E-state index contributed by atoms with van der Waals surface area (Å²) < 4.78 is 16.6. The number of nitrogens with one attached hydrogen (secondary N) is 1. The molecule has 0 amide bonds. The van der Waals surface area contributed by atoms with E-state index in [9.17, 15) is 4.39 Å². The maximum Gasteiger partial charge on any atom is 0.128 e. The Morgan fingerprint density at radius 3 is 2.70 bits per heavy atom. The predicted octanol–water partition coefficient (Wildman–Crippen LogP) is 4.39. The van der Waals surface area contributed by atoms with Gasteiger partial charge in [0.15, 0.2) is 0 Å². The quantitative estimate of drug-likeness (QED) is 0.576. The van der Waals surface area contributed by atoms with Gasteiger partial charge in [0.2, 0.25) is 0 Å². The molecule has 0 unspecified atom stereocenters. The van der Waals surface area contributed by atoms with Crippen LogP contribution in [-0.2, 0) is 7.05 Å². The molecule has 0 aliphatic carbocycles. The number of benzene rings is 2. The second-order valence-corrected chi connectivity index (χ2v) is 7.36. The zero-order valence-electron chi connectivity index (χ0n) is 15.2. The zero-order valence-corrected chi connectivity index (χ0v) is 15.2. The summed E-state index contributed by atoms with van der Waals surface area (Å²) in [6.45, 7) is 1.91. The summed E-state index contributed by atoms with van der Waals surface area (Å²) in [5.74, 6) is 0.157. The van der Waals surface area contributed by atoms with Gasteiger partial charge in [-0.1, -0.05) is 12.1 Å². The largest absolute Gasteiger partial charge is 0.317 e. The van der Waals surface area contributed by atoms with Gasteiger partial charge in [0.05, 0.1) is 16.7 Å². The molecule has 2 aromatic carbocycles. The minimum Gasteiger partial charge on any atom is -0.317 e. The van der Waals surface area contributed by atoms with Gasteiger partial charge in [0.1, 0.15) is 5.82 Å². The Morgan fingerprint density at radius 1 is 1.00 bits per heavy atom. The number of rotatable bonds is 2. The molecule has 136 valence electrons. The third kappa shape index (κ3) is 2.98. The lowest BCUT2D eigenvalue weighted by Gasteiger charge is -2.23. The van der Waals surface area contributed by atoms with Crippen molar-refractivity contribution >= 4 is 21.8 Å². The van der Waals surface area contributed by atoms with Gasteiger partial charge in [-0.05, 0) is 61.7 Å². The van der Waals surface area contributed by atoms with E-state index in [0.717, 1.165) is 59.0 Å². The zero-order chi connectivity index (χ0) is 18.4. The SMILES string of the molecule is Cn1cc2cc(-c3ccc4cc(C5CCNCC5)c(F)cc4n3)ccc2n1. The summed E-state index contributed by atoms with van der Waals surface area (Å²) in [7, 11) is 1.91. The molecule has 1 aliphatic heterocycles. The Hall–Kier alpha value is -2.79. The first-order valence-corrected chi connectivity index (χ1v) is 9.42. The van der Waals surface area contributed by atoms with E-state index in [1.54, 1.807) is 10.7 Å². The average Bonchev–Trinajstić information content (AvgIpc) is 3.07. The Bertz CT molecular complexity index is 1140. The Labute approximate surface area is 157 Å². The molecular formula is C22H21FN4. The van der Waals surface area contributed by atoms with E-state index in [0.29, 0.717) is 11.4 Å². The summed E-state index contributed by atoms with van der Waals surface area (Å²) in [5.41, 5.74) is 4.35. The topological polar surface area (TPSA) is 42.7 Å². The van der Waals surface area contributed by atoms with Gasteiger partial charge in [-0.25, -0.2) is 9.37 Å². The maximum atomic E-state index is 14.8. The molecule has 0 radical (unpaired) electrons. The van der Waals surface area contributed by atoms with E-state index in [2.05, 4.69) is 22.5 Å². The van der Waals surface area contributed by atoms with Crippen LogP contribution in [0.25, 0.3) is 33.1 Å². The van der Waals surface area contributed by atoms with Crippen molar-refractivity contribution in [2.24, 2.45) is 7.05 Å². The van der Waals surface area contributed by atoms with Gasteiger partial charge in [0, 0.05) is 35.6 Å². The van der Waals surface area contributed by atoms with E-state index < -0.39 is 0 Å². The van der Waals surface area contributed by atoms with Gasteiger partial charge in [-0.15, -0.1) is 0 Å². The molecule has 0 spiro atoms. The number of halogens is 1. The third-order valence-corrected chi connectivity index (χ3v) is 5.50. The van der Waals surface area contributed by atoms with Crippen molar-refractivity contribution in [1.29, 1.82) is 0 Å². The molecule has 4 aromatic rings. The van der Waals surface area contributed by atoms with Gasteiger partial charge in [-0.2, -0.15) is 5.10 Å². The lowest BCUT2D eigenvalue weighted by atomic mass is 9.89. The highest BCUT2D eigenvalue weighted by Gasteiger charge is 2.19. The fraction of sp³-hybridized carbons (Fsp3) is 0.273. The first-order chi connectivity index (χ1) is 13.2. The highest BCUT2D eigenvalue weighted by atomic mass is 19.1. The van der Waals surface area contributed by atoms with Crippen molar-refractivity contribution in [1.82, 2.24) is 20.1 Å². The number of aryl methyl sites for hydroxylation is 1. The van der Waals surface area contributed by atoms with Crippen LogP contribution in [0.4, 0.5) is 4.39 Å². The van der Waals surface area contributed by atoms with Crippen LogP contribution >= 0.6 is 0 Å². The van der Waals surface area contributed by atoms with Gasteiger partial charge in [-0.3, -0.25) is 4.68 Å². The summed E-state index contributed by atoms with van der Waals surface area (Å²) in [5, 5.41) is 9.82. The first kappa shape index (κ1) is 16.4. The summed E-state index contributed by atoms with van der Waals surface area (Å²) in [6.07, 6.45) is 3.96. The standard InChI is InChI=1S/C22H21FN4/c1-27-13-17-10-15(3-5-21(17)26-27)20-4-2-16-11-18(14-6-8-24-9-7-14)19(23)12-22(16)25-20/h2-5,10-14,24H,6-9H2,1H3. The molecule has 0 saturated carbocycles. The molecular weight excluding hydrogens is 339 g/mol. The summed E-state index contributed by atoms with van der Waals surface area (Å²) >= 11 is 0.